The van der Waals surface area contributed by atoms with E-state index in [4.69, 9.17) is 0 Å². The lowest BCUT2D eigenvalue weighted by molar-refractivity contribution is 1.18. The van der Waals surface area contributed by atoms with Crippen molar-refractivity contribution in [3.8, 4) is 0 Å². The lowest BCUT2D eigenvalue weighted by Crippen LogP contribution is -2.01. The van der Waals surface area contributed by atoms with Crippen LogP contribution in [0.1, 0.15) is 23.6 Å². The number of benzene rings is 1. The molecule has 0 spiro atoms. The lowest BCUT2D eigenvalue weighted by atomic mass is 10.1. The van der Waals surface area contributed by atoms with Gasteiger partial charge >= 0.3 is 0 Å². The minimum Gasteiger partial charge on any atom is -0.385 e. The highest BCUT2D eigenvalue weighted by Gasteiger charge is 2.00. The Bertz CT molecular complexity index is 253. The molecule has 1 nitrogen and oxygen atoms in total. The second-order valence-electron chi connectivity index (χ2n) is 3.30. The van der Waals surface area contributed by atoms with Crippen molar-refractivity contribution in [1.29, 1.82) is 0 Å². The minimum atomic E-state index is 0.991. The maximum atomic E-state index is 3.37. The van der Waals surface area contributed by atoms with E-state index in [2.05, 4.69) is 45.1 Å². The zero-order valence-corrected chi connectivity index (χ0v) is 8.36. The molecule has 0 atom stereocenters. The van der Waals surface area contributed by atoms with Crippen LogP contribution in [0.3, 0.4) is 0 Å². The zero-order valence-electron chi connectivity index (χ0n) is 8.36. The van der Waals surface area contributed by atoms with Crippen molar-refractivity contribution in [1.82, 2.24) is 0 Å². The van der Waals surface area contributed by atoms with Crippen molar-refractivity contribution in [3.63, 3.8) is 0 Å². The van der Waals surface area contributed by atoms with Crippen molar-refractivity contribution in [2.24, 2.45) is 0 Å². The van der Waals surface area contributed by atoms with Crippen LogP contribution in [0.2, 0.25) is 0 Å². The number of rotatable bonds is 2. The van der Waals surface area contributed by atoms with Gasteiger partial charge in [0.1, 0.15) is 0 Å². The summed E-state index contributed by atoms with van der Waals surface area (Å²) in [5.41, 5.74) is 5.32. The molecule has 12 heavy (non-hydrogen) atoms. The molecule has 0 aliphatic carbocycles. The third kappa shape index (κ3) is 1.79. The Morgan fingerprint density at radius 3 is 2.00 bits per heavy atom. The first-order valence-electron chi connectivity index (χ1n) is 4.47. The van der Waals surface area contributed by atoms with Gasteiger partial charge in [0, 0.05) is 12.2 Å². The summed E-state index contributed by atoms with van der Waals surface area (Å²) < 4.78 is 0. The van der Waals surface area contributed by atoms with Gasteiger partial charge in [0.2, 0.25) is 0 Å². The molecule has 0 saturated heterocycles. The third-order valence-corrected chi connectivity index (χ3v) is 2.03. The minimum absolute atomic E-state index is 0.991. The normalized spacial score (nSPS) is 10.0. The molecule has 0 saturated carbocycles. The Balaban J connectivity index is 3.10. The van der Waals surface area contributed by atoms with Crippen LogP contribution in [0.15, 0.2) is 12.1 Å². The molecular weight excluding hydrogens is 146 g/mol. The fraction of sp³-hybridized carbons (Fsp3) is 0.455. The Morgan fingerprint density at radius 2 is 1.58 bits per heavy atom. The van der Waals surface area contributed by atoms with Gasteiger partial charge in [0.15, 0.2) is 0 Å². The maximum Gasteiger partial charge on any atom is 0.0399 e. The van der Waals surface area contributed by atoms with E-state index >= 15 is 0 Å². The van der Waals surface area contributed by atoms with Gasteiger partial charge < -0.3 is 5.32 Å². The van der Waals surface area contributed by atoms with Gasteiger partial charge in [-0.2, -0.15) is 0 Å². The van der Waals surface area contributed by atoms with E-state index in [9.17, 15) is 0 Å². The number of nitrogens with one attached hydrogen (secondary N) is 1. The summed E-state index contributed by atoms with van der Waals surface area (Å²) in [7, 11) is 0. The van der Waals surface area contributed by atoms with E-state index in [0.29, 0.717) is 0 Å². The van der Waals surface area contributed by atoms with Crippen LogP contribution in [0, 0.1) is 20.8 Å². The van der Waals surface area contributed by atoms with E-state index in [1.54, 1.807) is 0 Å². The molecule has 0 aliphatic heterocycles. The molecule has 1 aromatic carbocycles. The van der Waals surface area contributed by atoms with Gasteiger partial charge in [-0.25, -0.2) is 0 Å². The third-order valence-electron chi connectivity index (χ3n) is 2.03. The van der Waals surface area contributed by atoms with E-state index < -0.39 is 0 Å². The molecule has 1 N–H and O–H groups in total. The number of anilines is 1. The molecule has 1 aromatic rings. The van der Waals surface area contributed by atoms with E-state index in [-0.39, 0.29) is 0 Å². The summed E-state index contributed by atoms with van der Waals surface area (Å²) in [5, 5.41) is 3.37. The van der Waals surface area contributed by atoms with Crippen molar-refractivity contribution in [3.05, 3.63) is 28.8 Å². The first-order chi connectivity index (χ1) is 5.65. The summed E-state index contributed by atoms with van der Waals surface area (Å²) >= 11 is 0. The Morgan fingerprint density at radius 1 is 1.08 bits per heavy atom. The highest BCUT2D eigenvalue weighted by molar-refractivity contribution is 5.57. The van der Waals surface area contributed by atoms with Crippen molar-refractivity contribution in [2.45, 2.75) is 27.7 Å². The maximum absolute atomic E-state index is 3.37. The number of aryl methyl sites for hydroxylation is 3. The Labute approximate surface area is 74.8 Å². The van der Waals surface area contributed by atoms with Crippen molar-refractivity contribution < 1.29 is 0 Å². The van der Waals surface area contributed by atoms with E-state index in [0.717, 1.165) is 6.54 Å². The van der Waals surface area contributed by atoms with Crippen molar-refractivity contribution >= 4 is 5.69 Å². The zero-order chi connectivity index (χ0) is 9.14. The average Bonchev–Trinajstić information content (AvgIpc) is 1.96. The standard InChI is InChI=1S/C11H17N/c1-5-12-11-9(3)6-8(2)7-10(11)4/h6-7,12H,5H2,1-4H3. The molecule has 0 heterocycles. The molecule has 0 unspecified atom stereocenters. The van der Waals surface area contributed by atoms with Crippen LogP contribution in [0.4, 0.5) is 5.69 Å². The topological polar surface area (TPSA) is 12.0 Å². The van der Waals surface area contributed by atoms with Gasteiger partial charge in [-0.3, -0.25) is 0 Å². The summed E-state index contributed by atoms with van der Waals surface area (Å²) in [5.74, 6) is 0. The highest BCUT2D eigenvalue weighted by Crippen LogP contribution is 2.21. The predicted octanol–water partition coefficient (Wildman–Crippen LogP) is 3.04. The molecule has 0 bridgehead atoms. The number of hydrogen-bond donors (Lipinski definition) is 1. The first kappa shape index (κ1) is 9.11. The molecular formula is C11H17N. The lowest BCUT2D eigenvalue weighted by Gasteiger charge is -2.11. The summed E-state index contributed by atoms with van der Waals surface area (Å²) in [6.07, 6.45) is 0. The summed E-state index contributed by atoms with van der Waals surface area (Å²) in [4.78, 5) is 0. The fourth-order valence-corrected chi connectivity index (χ4v) is 1.64. The van der Waals surface area contributed by atoms with Gasteiger partial charge in [-0.05, 0) is 38.8 Å². The summed E-state index contributed by atoms with van der Waals surface area (Å²) in [6, 6.07) is 4.43. The molecule has 66 valence electrons. The van der Waals surface area contributed by atoms with E-state index in [1.807, 2.05) is 0 Å². The van der Waals surface area contributed by atoms with Crippen LogP contribution in [-0.2, 0) is 0 Å². The number of hydrogen-bond acceptors (Lipinski definition) is 1. The van der Waals surface area contributed by atoms with Crippen LogP contribution < -0.4 is 5.32 Å². The Kier molecular flexibility index (Phi) is 2.74. The van der Waals surface area contributed by atoms with Crippen LogP contribution in [0.25, 0.3) is 0 Å². The van der Waals surface area contributed by atoms with Gasteiger partial charge in [0.05, 0.1) is 0 Å². The van der Waals surface area contributed by atoms with Gasteiger partial charge in [-0.1, -0.05) is 17.7 Å². The second kappa shape index (κ2) is 3.61. The van der Waals surface area contributed by atoms with Gasteiger partial charge in [0.25, 0.3) is 0 Å². The fourth-order valence-electron chi connectivity index (χ4n) is 1.64. The molecule has 0 radical (unpaired) electrons. The largest absolute Gasteiger partial charge is 0.385 e. The highest BCUT2D eigenvalue weighted by atomic mass is 14.9. The molecule has 0 amide bonds. The predicted molar refractivity (Wildman–Crippen MR) is 54.8 cm³/mol. The molecule has 0 aliphatic rings. The van der Waals surface area contributed by atoms with E-state index in [1.165, 1.54) is 22.4 Å². The molecule has 0 fully saturated rings. The smallest absolute Gasteiger partial charge is 0.0399 e. The SMILES string of the molecule is CCNc1c(C)cc(C)cc1C. The molecule has 0 aromatic heterocycles. The van der Waals surface area contributed by atoms with Crippen LogP contribution in [-0.4, -0.2) is 6.54 Å². The molecule has 1 rings (SSSR count). The monoisotopic (exact) mass is 163 g/mol. The van der Waals surface area contributed by atoms with Gasteiger partial charge in [-0.15, -0.1) is 0 Å². The average molecular weight is 163 g/mol. The summed E-state index contributed by atoms with van der Waals surface area (Å²) in [6.45, 7) is 9.55. The quantitative estimate of drug-likeness (QED) is 0.706. The van der Waals surface area contributed by atoms with Crippen LogP contribution >= 0.6 is 0 Å². The van der Waals surface area contributed by atoms with Crippen molar-refractivity contribution in [2.75, 3.05) is 11.9 Å². The molecule has 1 heteroatoms. The first-order valence-corrected chi connectivity index (χ1v) is 4.47. The Hall–Kier alpha value is -0.980. The van der Waals surface area contributed by atoms with Crippen LogP contribution in [0.5, 0.6) is 0 Å². The second-order valence-corrected chi connectivity index (χ2v) is 3.30.